The van der Waals surface area contributed by atoms with Crippen molar-refractivity contribution in [1.82, 2.24) is 9.80 Å². The molecule has 0 N–H and O–H groups in total. The van der Waals surface area contributed by atoms with E-state index in [0.29, 0.717) is 19.6 Å². The van der Waals surface area contributed by atoms with Crippen LogP contribution in [0.15, 0.2) is 30.3 Å². The van der Waals surface area contributed by atoms with Crippen molar-refractivity contribution in [2.75, 3.05) is 13.1 Å². The Morgan fingerprint density at radius 2 is 1.92 bits per heavy atom. The second-order valence-electron chi connectivity index (χ2n) is 7.77. The van der Waals surface area contributed by atoms with Crippen molar-refractivity contribution in [1.29, 1.82) is 0 Å². The molecule has 1 spiro atoms. The molecule has 5 heteroatoms. The van der Waals surface area contributed by atoms with Crippen LogP contribution in [0.25, 0.3) is 0 Å². The van der Waals surface area contributed by atoms with Crippen LogP contribution in [-0.2, 0) is 16.1 Å². The fourth-order valence-electron chi connectivity index (χ4n) is 3.60. The second-order valence-corrected chi connectivity index (χ2v) is 7.77. The first-order valence-electron chi connectivity index (χ1n) is 8.66. The molecule has 1 atom stereocenters. The monoisotopic (exact) mass is 330 g/mol. The molecule has 1 aromatic rings. The number of β-lactam (4-membered cyclic amide) rings is 1. The SMILES string of the molecule is CC(C)(C)OC(=O)N1CCCC[C@@]12CN(Cc1ccccc1)C2=O. The van der Waals surface area contributed by atoms with E-state index in [1.807, 2.05) is 56.0 Å². The van der Waals surface area contributed by atoms with Crippen LogP contribution in [0, 0.1) is 0 Å². The van der Waals surface area contributed by atoms with Gasteiger partial charge in [-0.25, -0.2) is 4.79 Å². The molecule has 24 heavy (non-hydrogen) atoms. The van der Waals surface area contributed by atoms with Crippen LogP contribution < -0.4 is 0 Å². The summed E-state index contributed by atoms with van der Waals surface area (Å²) >= 11 is 0. The average Bonchev–Trinajstić information content (AvgIpc) is 2.54. The van der Waals surface area contributed by atoms with E-state index < -0.39 is 11.1 Å². The van der Waals surface area contributed by atoms with E-state index in [9.17, 15) is 9.59 Å². The molecule has 0 saturated carbocycles. The summed E-state index contributed by atoms with van der Waals surface area (Å²) in [7, 11) is 0. The van der Waals surface area contributed by atoms with Gasteiger partial charge in [-0.15, -0.1) is 0 Å². The van der Waals surface area contributed by atoms with Crippen LogP contribution in [0.4, 0.5) is 4.79 Å². The van der Waals surface area contributed by atoms with Gasteiger partial charge >= 0.3 is 6.09 Å². The number of ether oxygens (including phenoxy) is 1. The summed E-state index contributed by atoms with van der Waals surface area (Å²) in [5.74, 6) is 0.0527. The van der Waals surface area contributed by atoms with Gasteiger partial charge in [0.2, 0.25) is 0 Å². The van der Waals surface area contributed by atoms with Crippen molar-refractivity contribution in [2.45, 2.75) is 57.7 Å². The van der Waals surface area contributed by atoms with E-state index in [1.165, 1.54) is 0 Å². The molecule has 0 aromatic heterocycles. The van der Waals surface area contributed by atoms with Crippen molar-refractivity contribution >= 4 is 12.0 Å². The van der Waals surface area contributed by atoms with Crippen LogP contribution in [-0.4, -0.2) is 46.0 Å². The molecule has 130 valence electrons. The summed E-state index contributed by atoms with van der Waals surface area (Å²) in [5, 5.41) is 0. The number of amides is 2. The number of hydrogen-bond donors (Lipinski definition) is 0. The molecule has 5 nitrogen and oxygen atoms in total. The molecule has 0 unspecified atom stereocenters. The van der Waals surface area contributed by atoms with E-state index in [-0.39, 0.29) is 12.0 Å². The highest BCUT2D eigenvalue weighted by molar-refractivity contribution is 5.95. The van der Waals surface area contributed by atoms with Gasteiger partial charge in [-0.2, -0.15) is 0 Å². The van der Waals surface area contributed by atoms with E-state index in [1.54, 1.807) is 4.90 Å². The zero-order chi connectivity index (χ0) is 17.4. The number of hydrogen-bond acceptors (Lipinski definition) is 3. The first-order chi connectivity index (χ1) is 11.3. The summed E-state index contributed by atoms with van der Waals surface area (Å²) in [6.45, 7) is 7.35. The second kappa shape index (κ2) is 6.11. The fourth-order valence-corrected chi connectivity index (χ4v) is 3.60. The Morgan fingerprint density at radius 1 is 1.21 bits per heavy atom. The molecule has 1 aromatic carbocycles. The first-order valence-corrected chi connectivity index (χ1v) is 8.66. The van der Waals surface area contributed by atoms with Gasteiger partial charge in [-0.3, -0.25) is 9.69 Å². The minimum Gasteiger partial charge on any atom is -0.444 e. The van der Waals surface area contributed by atoms with Crippen molar-refractivity contribution < 1.29 is 14.3 Å². The van der Waals surface area contributed by atoms with E-state index in [2.05, 4.69) is 0 Å². The van der Waals surface area contributed by atoms with Crippen LogP contribution in [0.1, 0.15) is 45.6 Å². The molecule has 2 heterocycles. The lowest BCUT2D eigenvalue weighted by Gasteiger charge is -2.56. The summed E-state index contributed by atoms with van der Waals surface area (Å²) in [4.78, 5) is 29.0. The van der Waals surface area contributed by atoms with Gasteiger partial charge in [0.25, 0.3) is 5.91 Å². The van der Waals surface area contributed by atoms with E-state index in [4.69, 9.17) is 4.74 Å². The first kappa shape index (κ1) is 16.8. The molecule has 2 fully saturated rings. The van der Waals surface area contributed by atoms with Gasteiger partial charge in [0.05, 0.1) is 6.54 Å². The molecule has 0 aliphatic carbocycles. The van der Waals surface area contributed by atoms with Crippen LogP contribution >= 0.6 is 0 Å². The van der Waals surface area contributed by atoms with E-state index >= 15 is 0 Å². The predicted molar refractivity (Wildman–Crippen MR) is 91.4 cm³/mol. The van der Waals surface area contributed by atoms with Crippen LogP contribution in [0.3, 0.4) is 0 Å². The van der Waals surface area contributed by atoms with Gasteiger partial charge in [0.1, 0.15) is 11.1 Å². The highest BCUT2D eigenvalue weighted by Gasteiger charge is 2.58. The van der Waals surface area contributed by atoms with Gasteiger partial charge in [-0.1, -0.05) is 30.3 Å². The molecular weight excluding hydrogens is 304 g/mol. The lowest BCUT2D eigenvalue weighted by atomic mass is 9.78. The standard InChI is InChI=1S/C19H26N2O3/c1-18(2,3)24-17(23)21-12-8-7-11-19(21)14-20(16(19)22)13-15-9-5-4-6-10-15/h4-6,9-10H,7-8,11-14H2,1-3H3/t19-/m0/s1. The predicted octanol–water partition coefficient (Wildman–Crippen LogP) is 3.19. The normalized spacial score (nSPS) is 24.0. The number of likely N-dealkylation sites (tertiary alicyclic amines) is 2. The number of benzene rings is 1. The summed E-state index contributed by atoms with van der Waals surface area (Å²) in [5.41, 5.74) is -0.123. The number of rotatable bonds is 2. The van der Waals surface area contributed by atoms with Crippen LogP contribution in [0.2, 0.25) is 0 Å². The quantitative estimate of drug-likeness (QED) is 0.783. The van der Waals surface area contributed by atoms with Crippen molar-refractivity contribution in [3.8, 4) is 0 Å². The zero-order valence-electron chi connectivity index (χ0n) is 14.7. The molecule has 2 amide bonds. The molecule has 0 radical (unpaired) electrons. The summed E-state index contributed by atoms with van der Waals surface area (Å²) in [6.07, 6.45) is 2.27. The van der Waals surface area contributed by atoms with Gasteiger partial charge in [0.15, 0.2) is 0 Å². The van der Waals surface area contributed by atoms with Crippen LogP contribution in [0.5, 0.6) is 0 Å². The third kappa shape index (κ3) is 3.12. The van der Waals surface area contributed by atoms with E-state index in [0.717, 1.165) is 24.8 Å². The number of carbonyl (C=O) groups is 2. The maximum atomic E-state index is 12.9. The highest BCUT2D eigenvalue weighted by atomic mass is 16.6. The Hall–Kier alpha value is -2.04. The van der Waals surface area contributed by atoms with Gasteiger partial charge in [0, 0.05) is 13.1 Å². The highest BCUT2D eigenvalue weighted by Crippen LogP contribution is 2.39. The summed E-state index contributed by atoms with van der Waals surface area (Å²) < 4.78 is 5.53. The molecule has 0 bridgehead atoms. The van der Waals surface area contributed by atoms with Crippen molar-refractivity contribution in [3.63, 3.8) is 0 Å². The number of nitrogens with zero attached hydrogens (tertiary/aromatic N) is 2. The smallest absolute Gasteiger partial charge is 0.411 e. The number of piperidine rings is 1. The molecule has 2 saturated heterocycles. The van der Waals surface area contributed by atoms with Gasteiger partial charge < -0.3 is 9.64 Å². The maximum Gasteiger partial charge on any atom is 0.411 e. The van der Waals surface area contributed by atoms with Crippen molar-refractivity contribution in [2.24, 2.45) is 0 Å². The average molecular weight is 330 g/mol. The largest absolute Gasteiger partial charge is 0.444 e. The lowest BCUT2D eigenvalue weighted by Crippen LogP contribution is -2.75. The minimum absolute atomic E-state index is 0.0527. The lowest BCUT2D eigenvalue weighted by molar-refractivity contribution is -0.168. The third-order valence-corrected chi connectivity index (χ3v) is 4.71. The molecule has 3 rings (SSSR count). The maximum absolute atomic E-state index is 12.9. The Bertz CT molecular complexity index is 623. The topological polar surface area (TPSA) is 49.9 Å². The Morgan fingerprint density at radius 3 is 2.54 bits per heavy atom. The Balaban J connectivity index is 1.71. The van der Waals surface area contributed by atoms with Crippen molar-refractivity contribution in [3.05, 3.63) is 35.9 Å². The van der Waals surface area contributed by atoms with Gasteiger partial charge in [-0.05, 0) is 45.6 Å². The number of carbonyl (C=O) groups excluding carboxylic acids is 2. The Kier molecular flexibility index (Phi) is 4.28. The fraction of sp³-hybridized carbons (Fsp3) is 0.579. The minimum atomic E-state index is -0.685. The zero-order valence-corrected chi connectivity index (χ0v) is 14.7. The summed E-state index contributed by atoms with van der Waals surface area (Å²) in [6, 6.07) is 9.95. The molecule has 2 aliphatic rings. The molecular formula is C19H26N2O3. The third-order valence-electron chi connectivity index (χ3n) is 4.71. The molecule has 2 aliphatic heterocycles. The Labute approximate surface area is 143 Å².